The average Bonchev–Trinajstić information content (AvgIpc) is 3.59. The quantitative estimate of drug-likeness (QED) is 0.425. The molecule has 176 valence electrons. The molecule has 2 unspecified atom stereocenters. The van der Waals surface area contributed by atoms with E-state index in [0.29, 0.717) is 22.4 Å². The number of nitrogens with zero attached hydrogens (tertiary/aromatic N) is 4. The number of nitrogens with one attached hydrogen (secondary N) is 1. The van der Waals surface area contributed by atoms with Crippen LogP contribution in [0, 0.1) is 5.92 Å². The first-order chi connectivity index (χ1) is 16.3. The summed E-state index contributed by atoms with van der Waals surface area (Å²) in [6, 6.07) is 7.86. The van der Waals surface area contributed by atoms with Gasteiger partial charge in [-0.25, -0.2) is 19.7 Å². The fourth-order valence-corrected chi connectivity index (χ4v) is 4.79. The van der Waals surface area contributed by atoms with Crippen LogP contribution in [-0.4, -0.2) is 36.6 Å². The van der Waals surface area contributed by atoms with Crippen molar-refractivity contribution < 1.29 is 9.90 Å². The zero-order chi connectivity index (χ0) is 24.0. The van der Waals surface area contributed by atoms with E-state index >= 15 is 0 Å². The summed E-state index contributed by atoms with van der Waals surface area (Å²) in [7, 11) is 0. The number of aromatic carboxylic acids is 1. The Morgan fingerprint density at radius 3 is 2.56 bits per heavy atom. The second kappa shape index (κ2) is 8.87. The number of carbonyl (C=O) groups is 1. The summed E-state index contributed by atoms with van der Waals surface area (Å²) in [6.07, 6.45) is 8.49. The van der Waals surface area contributed by atoms with Gasteiger partial charge >= 0.3 is 5.97 Å². The highest BCUT2D eigenvalue weighted by molar-refractivity contribution is 6.30. The SMILES string of the molecule is CC1=CCCC(c2nc3nc(C(=O)O)nc(NC(C)C4CC4)c3n2C(C)c2ccc(Cl)cc2)=C1. The number of fused-ring (bicyclic) bond motifs is 1. The van der Waals surface area contributed by atoms with E-state index in [0.717, 1.165) is 35.3 Å². The molecular formula is C26H28ClN5O2. The normalized spacial score (nSPS) is 17.8. The molecule has 0 aliphatic heterocycles. The van der Waals surface area contributed by atoms with Crippen LogP contribution in [0.3, 0.4) is 0 Å². The minimum absolute atomic E-state index is 0.0968. The van der Waals surface area contributed by atoms with Crippen LogP contribution in [-0.2, 0) is 0 Å². The second-order valence-electron chi connectivity index (χ2n) is 9.33. The van der Waals surface area contributed by atoms with Crippen molar-refractivity contribution in [3.05, 3.63) is 64.2 Å². The van der Waals surface area contributed by atoms with Crippen LogP contribution in [0.2, 0.25) is 5.02 Å². The Morgan fingerprint density at radius 1 is 1.18 bits per heavy atom. The molecule has 0 amide bonds. The first kappa shape index (κ1) is 22.6. The molecular weight excluding hydrogens is 450 g/mol. The summed E-state index contributed by atoms with van der Waals surface area (Å²) in [5.74, 6) is 0.467. The van der Waals surface area contributed by atoms with Crippen molar-refractivity contribution >= 4 is 40.1 Å². The number of hydrogen-bond donors (Lipinski definition) is 2. The third kappa shape index (κ3) is 4.32. The monoisotopic (exact) mass is 477 g/mol. The lowest BCUT2D eigenvalue weighted by atomic mass is 9.99. The maximum atomic E-state index is 11.8. The minimum atomic E-state index is -1.17. The summed E-state index contributed by atoms with van der Waals surface area (Å²) in [5, 5.41) is 13.9. The van der Waals surface area contributed by atoms with E-state index in [9.17, 15) is 9.90 Å². The molecule has 0 spiro atoms. The largest absolute Gasteiger partial charge is 0.475 e. The molecule has 0 radical (unpaired) electrons. The van der Waals surface area contributed by atoms with Gasteiger partial charge in [0.05, 0.1) is 6.04 Å². The van der Waals surface area contributed by atoms with Gasteiger partial charge in [-0.3, -0.25) is 0 Å². The highest BCUT2D eigenvalue weighted by atomic mass is 35.5. The number of halogens is 1. The van der Waals surface area contributed by atoms with Crippen molar-refractivity contribution in [2.75, 3.05) is 5.32 Å². The molecule has 0 bridgehead atoms. The van der Waals surface area contributed by atoms with Crippen LogP contribution in [0.1, 0.15) is 74.5 Å². The zero-order valence-electron chi connectivity index (χ0n) is 19.5. The summed E-state index contributed by atoms with van der Waals surface area (Å²) >= 11 is 6.15. The van der Waals surface area contributed by atoms with Crippen LogP contribution in [0.5, 0.6) is 0 Å². The molecule has 1 fully saturated rings. The molecule has 34 heavy (non-hydrogen) atoms. The van der Waals surface area contributed by atoms with E-state index in [1.54, 1.807) is 0 Å². The van der Waals surface area contributed by atoms with E-state index in [1.807, 2.05) is 24.3 Å². The molecule has 8 heteroatoms. The molecule has 3 aromatic rings. The first-order valence-electron chi connectivity index (χ1n) is 11.7. The lowest BCUT2D eigenvalue weighted by Gasteiger charge is -2.22. The third-order valence-corrected chi connectivity index (χ3v) is 6.99. The van der Waals surface area contributed by atoms with Crippen LogP contribution in [0.25, 0.3) is 16.7 Å². The standard InChI is InChI=1S/C26H28ClN5O2/c1-14-5-4-6-19(13-14)25-31-23-21(32(25)16(3)18-9-11-20(27)12-10-18)22(28-15(2)17-7-8-17)29-24(30-23)26(33)34/h5,9-13,15-17H,4,6-8H2,1-3H3,(H,33,34)(H,28,29,30). The second-order valence-corrected chi connectivity index (χ2v) is 9.77. The molecule has 2 N–H and O–H groups in total. The maximum absolute atomic E-state index is 11.8. The lowest BCUT2D eigenvalue weighted by Crippen LogP contribution is -2.21. The maximum Gasteiger partial charge on any atom is 0.374 e. The van der Waals surface area contributed by atoms with Gasteiger partial charge < -0.3 is 15.0 Å². The van der Waals surface area contributed by atoms with Gasteiger partial charge in [-0.1, -0.05) is 41.5 Å². The van der Waals surface area contributed by atoms with Crippen molar-refractivity contribution in [2.24, 2.45) is 5.92 Å². The molecule has 2 aliphatic carbocycles. The van der Waals surface area contributed by atoms with Crippen LogP contribution < -0.4 is 5.32 Å². The van der Waals surface area contributed by atoms with E-state index < -0.39 is 5.97 Å². The Bertz CT molecular complexity index is 1320. The van der Waals surface area contributed by atoms with Crippen LogP contribution >= 0.6 is 11.6 Å². The Hall–Kier alpha value is -3.19. The summed E-state index contributed by atoms with van der Waals surface area (Å²) in [4.78, 5) is 25.5. The number of carboxylic acid groups (broad SMARTS) is 1. The van der Waals surface area contributed by atoms with E-state index in [4.69, 9.17) is 16.6 Å². The summed E-state index contributed by atoms with van der Waals surface area (Å²) < 4.78 is 2.15. The lowest BCUT2D eigenvalue weighted by molar-refractivity contribution is 0.0684. The topological polar surface area (TPSA) is 92.9 Å². The van der Waals surface area contributed by atoms with E-state index in [2.05, 4.69) is 52.8 Å². The molecule has 1 aromatic carbocycles. The Labute approximate surface area is 203 Å². The van der Waals surface area contributed by atoms with Gasteiger partial charge in [0, 0.05) is 11.1 Å². The van der Waals surface area contributed by atoms with E-state index in [1.165, 1.54) is 18.4 Å². The number of imidazole rings is 1. The predicted octanol–water partition coefficient (Wildman–Crippen LogP) is 6.12. The first-order valence-corrected chi connectivity index (χ1v) is 12.1. The van der Waals surface area contributed by atoms with Gasteiger partial charge in [-0.15, -0.1) is 0 Å². The third-order valence-electron chi connectivity index (χ3n) is 6.74. The van der Waals surface area contributed by atoms with E-state index in [-0.39, 0.29) is 17.9 Å². The van der Waals surface area contributed by atoms with Gasteiger partial charge in [0.1, 0.15) is 11.3 Å². The molecule has 2 heterocycles. The Kier molecular flexibility index (Phi) is 5.90. The number of anilines is 1. The number of allylic oxidation sites excluding steroid dienone is 4. The van der Waals surface area contributed by atoms with Gasteiger partial charge in [-0.2, -0.15) is 0 Å². The Morgan fingerprint density at radius 2 is 1.91 bits per heavy atom. The summed E-state index contributed by atoms with van der Waals surface area (Å²) in [5.41, 5.74) is 4.48. The molecule has 2 aliphatic rings. The Balaban J connectivity index is 1.75. The molecule has 2 atom stereocenters. The van der Waals surface area contributed by atoms with Crippen LogP contribution in [0.4, 0.5) is 5.82 Å². The number of carboxylic acids is 1. The number of hydrogen-bond acceptors (Lipinski definition) is 5. The predicted molar refractivity (Wildman–Crippen MR) is 134 cm³/mol. The minimum Gasteiger partial charge on any atom is -0.475 e. The van der Waals surface area contributed by atoms with Crippen LogP contribution in [0.15, 0.2) is 42.0 Å². The average molecular weight is 478 g/mol. The van der Waals surface area contributed by atoms with Gasteiger partial charge in [0.15, 0.2) is 11.5 Å². The number of rotatable bonds is 7. The zero-order valence-corrected chi connectivity index (χ0v) is 20.3. The van der Waals surface area contributed by atoms with Crippen molar-refractivity contribution in [1.82, 2.24) is 19.5 Å². The highest BCUT2D eigenvalue weighted by Crippen LogP contribution is 2.38. The van der Waals surface area contributed by atoms with Gasteiger partial charge in [-0.05, 0) is 75.6 Å². The van der Waals surface area contributed by atoms with Gasteiger partial charge in [0.2, 0.25) is 5.82 Å². The van der Waals surface area contributed by atoms with Crippen molar-refractivity contribution in [1.29, 1.82) is 0 Å². The smallest absolute Gasteiger partial charge is 0.374 e. The summed E-state index contributed by atoms with van der Waals surface area (Å²) in [6.45, 7) is 6.31. The molecule has 1 saturated carbocycles. The fraction of sp³-hybridized carbons (Fsp3) is 0.385. The molecule has 7 nitrogen and oxygen atoms in total. The number of benzene rings is 1. The molecule has 2 aromatic heterocycles. The van der Waals surface area contributed by atoms with Crippen molar-refractivity contribution in [3.63, 3.8) is 0 Å². The fourth-order valence-electron chi connectivity index (χ4n) is 4.66. The van der Waals surface area contributed by atoms with Crippen molar-refractivity contribution in [2.45, 2.75) is 58.5 Å². The number of aromatic nitrogens is 4. The molecule has 0 saturated heterocycles. The molecule has 5 rings (SSSR count). The van der Waals surface area contributed by atoms with Crippen molar-refractivity contribution in [3.8, 4) is 0 Å². The highest BCUT2D eigenvalue weighted by Gasteiger charge is 2.31. The van der Waals surface area contributed by atoms with Gasteiger partial charge in [0.25, 0.3) is 0 Å².